The third kappa shape index (κ3) is 1.52. The third-order valence-electron chi connectivity index (χ3n) is 2.75. The van der Waals surface area contributed by atoms with Crippen LogP contribution in [0.1, 0.15) is 20.7 Å². The Morgan fingerprint density at radius 3 is 2.18 bits per heavy atom. The van der Waals surface area contributed by atoms with Gasteiger partial charge in [0.15, 0.2) is 0 Å². The van der Waals surface area contributed by atoms with Gasteiger partial charge in [0.25, 0.3) is 0 Å². The molecule has 3 heteroatoms. The van der Waals surface area contributed by atoms with E-state index in [1.165, 1.54) is 0 Å². The maximum Gasteiger partial charge on any atom is 0.346 e. The van der Waals surface area contributed by atoms with Crippen LogP contribution in [-0.4, -0.2) is 11.9 Å². The molecule has 82 valence electrons. The highest BCUT2D eigenvalue weighted by molar-refractivity contribution is 6.15. The largest absolute Gasteiger partial charge is 0.386 e. The van der Waals surface area contributed by atoms with E-state index in [2.05, 4.69) is 4.74 Å². The molecule has 3 rings (SSSR count). The maximum atomic E-state index is 11.4. The maximum absolute atomic E-state index is 11.4. The number of hydrogen-bond acceptors (Lipinski definition) is 3. The number of fused-ring (bicyclic) bond motifs is 1. The molecule has 1 aliphatic rings. The van der Waals surface area contributed by atoms with E-state index in [1.54, 1.807) is 12.1 Å². The van der Waals surface area contributed by atoms with Crippen molar-refractivity contribution in [3.8, 4) is 11.1 Å². The molecule has 1 heterocycles. The molecule has 2 aromatic rings. The molecule has 17 heavy (non-hydrogen) atoms. The number of carbonyl (C=O) groups excluding carboxylic acids is 2. The van der Waals surface area contributed by atoms with Gasteiger partial charge in [0, 0.05) is 0 Å². The summed E-state index contributed by atoms with van der Waals surface area (Å²) >= 11 is 0. The van der Waals surface area contributed by atoms with Crippen LogP contribution in [0.4, 0.5) is 0 Å². The highest BCUT2D eigenvalue weighted by atomic mass is 16.6. The predicted octanol–water partition coefficient (Wildman–Crippen LogP) is 2.66. The van der Waals surface area contributed by atoms with Gasteiger partial charge in [0.2, 0.25) is 0 Å². The van der Waals surface area contributed by atoms with Gasteiger partial charge in [-0.3, -0.25) is 0 Å². The highest BCUT2D eigenvalue weighted by Gasteiger charge is 2.29. The molecule has 0 atom stereocenters. The number of esters is 2. The smallest absolute Gasteiger partial charge is 0.346 e. The normalized spacial score (nSPS) is 13.4. The summed E-state index contributed by atoms with van der Waals surface area (Å²) in [5, 5.41) is 0. The third-order valence-corrected chi connectivity index (χ3v) is 2.75. The minimum Gasteiger partial charge on any atom is -0.386 e. The van der Waals surface area contributed by atoms with Crippen LogP contribution >= 0.6 is 0 Å². The zero-order valence-corrected chi connectivity index (χ0v) is 8.84. The number of hydrogen-bond donors (Lipinski definition) is 0. The first-order valence-electron chi connectivity index (χ1n) is 5.22. The van der Waals surface area contributed by atoms with Gasteiger partial charge in [-0.05, 0) is 23.3 Å². The van der Waals surface area contributed by atoms with E-state index in [0.717, 1.165) is 11.1 Å². The van der Waals surface area contributed by atoms with Crippen molar-refractivity contribution in [3.05, 3.63) is 59.7 Å². The van der Waals surface area contributed by atoms with Crippen LogP contribution in [0.5, 0.6) is 0 Å². The number of cyclic esters (lactones) is 2. The van der Waals surface area contributed by atoms with E-state index in [0.29, 0.717) is 11.1 Å². The van der Waals surface area contributed by atoms with Crippen molar-refractivity contribution in [2.45, 2.75) is 0 Å². The standard InChI is InChI=1S/C14H8O3/c15-13-11-7-6-10(8-12(11)14(16)17-13)9-4-2-1-3-5-9/h1-8H. The van der Waals surface area contributed by atoms with Crippen LogP contribution in [-0.2, 0) is 4.74 Å². The summed E-state index contributed by atoms with van der Waals surface area (Å²) in [7, 11) is 0. The van der Waals surface area contributed by atoms with Crippen LogP contribution in [0.15, 0.2) is 48.5 Å². The fraction of sp³-hybridized carbons (Fsp3) is 0. The van der Waals surface area contributed by atoms with Crippen molar-refractivity contribution in [1.29, 1.82) is 0 Å². The highest BCUT2D eigenvalue weighted by Crippen LogP contribution is 2.26. The van der Waals surface area contributed by atoms with Crippen LogP contribution in [0.3, 0.4) is 0 Å². The number of benzene rings is 2. The van der Waals surface area contributed by atoms with Gasteiger partial charge < -0.3 is 4.74 Å². The molecule has 2 aromatic carbocycles. The Morgan fingerprint density at radius 1 is 0.706 bits per heavy atom. The van der Waals surface area contributed by atoms with Gasteiger partial charge in [-0.2, -0.15) is 0 Å². The van der Waals surface area contributed by atoms with E-state index in [4.69, 9.17) is 0 Å². The monoisotopic (exact) mass is 224 g/mol. The van der Waals surface area contributed by atoms with Gasteiger partial charge in [-0.25, -0.2) is 9.59 Å². The molecule has 0 unspecified atom stereocenters. The molecule has 0 bridgehead atoms. The Labute approximate surface area is 97.6 Å². The first-order chi connectivity index (χ1) is 8.25. The Hall–Kier alpha value is -2.42. The van der Waals surface area contributed by atoms with Crippen LogP contribution in [0.25, 0.3) is 11.1 Å². The molecule has 0 spiro atoms. The Kier molecular flexibility index (Phi) is 2.05. The molecule has 0 saturated heterocycles. The predicted molar refractivity (Wildman–Crippen MR) is 61.6 cm³/mol. The molecule has 0 saturated carbocycles. The molecular weight excluding hydrogens is 216 g/mol. The van der Waals surface area contributed by atoms with E-state index in [1.807, 2.05) is 36.4 Å². The molecule has 0 fully saturated rings. The van der Waals surface area contributed by atoms with Crippen molar-refractivity contribution in [2.75, 3.05) is 0 Å². The van der Waals surface area contributed by atoms with Crippen LogP contribution < -0.4 is 0 Å². The lowest BCUT2D eigenvalue weighted by atomic mass is 10.0. The quantitative estimate of drug-likeness (QED) is 0.552. The minimum atomic E-state index is -0.567. The molecule has 0 N–H and O–H groups in total. The number of carbonyl (C=O) groups is 2. The fourth-order valence-corrected chi connectivity index (χ4v) is 1.90. The van der Waals surface area contributed by atoms with Crippen LogP contribution in [0, 0.1) is 0 Å². The second kappa shape index (κ2) is 3.56. The summed E-state index contributed by atoms with van der Waals surface area (Å²) in [6.45, 7) is 0. The summed E-state index contributed by atoms with van der Waals surface area (Å²) in [4.78, 5) is 22.7. The number of rotatable bonds is 1. The van der Waals surface area contributed by atoms with Gasteiger partial charge in [0.05, 0.1) is 11.1 Å². The first kappa shape index (κ1) is 9.78. The zero-order valence-electron chi connectivity index (χ0n) is 8.84. The van der Waals surface area contributed by atoms with E-state index < -0.39 is 11.9 Å². The SMILES string of the molecule is O=C1OC(=O)c2cc(-c3ccccc3)ccc21. The number of ether oxygens (including phenoxy) is 1. The Bertz CT molecular complexity index is 615. The summed E-state index contributed by atoms with van der Waals surface area (Å²) < 4.78 is 4.54. The van der Waals surface area contributed by atoms with Gasteiger partial charge in [-0.15, -0.1) is 0 Å². The van der Waals surface area contributed by atoms with Crippen molar-refractivity contribution >= 4 is 11.9 Å². The second-order valence-corrected chi connectivity index (χ2v) is 3.80. The molecule has 0 aromatic heterocycles. The van der Waals surface area contributed by atoms with Gasteiger partial charge >= 0.3 is 11.9 Å². The van der Waals surface area contributed by atoms with Crippen molar-refractivity contribution in [3.63, 3.8) is 0 Å². The topological polar surface area (TPSA) is 43.4 Å². The average molecular weight is 224 g/mol. The van der Waals surface area contributed by atoms with Crippen LogP contribution in [0.2, 0.25) is 0 Å². The molecule has 1 aliphatic heterocycles. The first-order valence-corrected chi connectivity index (χ1v) is 5.22. The van der Waals surface area contributed by atoms with Gasteiger partial charge in [0.1, 0.15) is 0 Å². The van der Waals surface area contributed by atoms with E-state index in [9.17, 15) is 9.59 Å². The lowest BCUT2D eigenvalue weighted by Gasteiger charge is -2.01. The summed E-state index contributed by atoms with van der Waals surface area (Å²) in [6, 6.07) is 14.8. The minimum absolute atomic E-state index is 0.342. The van der Waals surface area contributed by atoms with E-state index in [-0.39, 0.29) is 0 Å². The Balaban J connectivity index is 2.15. The molecule has 0 aliphatic carbocycles. The molecule has 3 nitrogen and oxygen atoms in total. The van der Waals surface area contributed by atoms with Gasteiger partial charge in [-0.1, -0.05) is 36.4 Å². The Morgan fingerprint density at radius 2 is 1.41 bits per heavy atom. The zero-order chi connectivity index (χ0) is 11.8. The van der Waals surface area contributed by atoms with Crippen molar-refractivity contribution in [2.24, 2.45) is 0 Å². The molecule has 0 amide bonds. The summed E-state index contributed by atoms with van der Waals surface area (Å²) in [5.74, 6) is -1.13. The lowest BCUT2D eigenvalue weighted by Crippen LogP contribution is -1.96. The van der Waals surface area contributed by atoms with Crippen molar-refractivity contribution < 1.29 is 14.3 Å². The summed E-state index contributed by atoms with van der Waals surface area (Å²) in [5.41, 5.74) is 2.59. The fourth-order valence-electron chi connectivity index (χ4n) is 1.90. The summed E-state index contributed by atoms with van der Waals surface area (Å²) in [6.07, 6.45) is 0. The lowest BCUT2D eigenvalue weighted by molar-refractivity contribution is 0.0444. The molecular formula is C14H8O3. The molecule has 0 radical (unpaired) electrons. The van der Waals surface area contributed by atoms with Crippen molar-refractivity contribution in [1.82, 2.24) is 0 Å². The average Bonchev–Trinajstić information content (AvgIpc) is 2.66. The second-order valence-electron chi connectivity index (χ2n) is 3.80. The van der Waals surface area contributed by atoms with E-state index >= 15 is 0 Å².